The van der Waals surface area contributed by atoms with Crippen molar-refractivity contribution < 1.29 is 23.6 Å². The Balaban J connectivity index is 1.99. The highest BCUT2D eigenvalue weighted by atomic mass is 19.1. The number of hydrogen-bond acceptors (Lipinski definition) is 5. The Morgan fingerprint density at radius 2 is 1.96 bits per heavy atom. The summed E-state index contributed by atoms with van der Waals surface area (Å²) in [6.07, 6.45) is 0. The second kappa shape index (κ2) is 7.32. The molecule has 0 spiro atoms. The lowest BCUT2D eigenvalue weighted by molar-refractivity contribution is -0.385. The zero-order chi connectivity index (χ0) is 17.7. The van der Waals surface area contributed by atoms with Crippen molar-refractivity contribution in [3.05, 3.63) is 69.5 Å². The van der Waals surface area contributed by atoms with Gasteiger partial charge in [-0.2, -0.15) is 0 Å². The molecule has 1 N–H and O–H groups in total. The van der Waals surface area contributed by atoms with Crippen LogP contribution < -0.4 is 5.32 Å². The van der Waals surface area contributed by atoms with Crippen molar-refractivity contribution in [2.75, 3.05) is 11.9 Å². The average Bonchev–Trinajstić information content (AvgIpc) is 2.55. The molecule has 2 aromatic rings. The molecular formula is C16H13FN2O5. The van der Waals surface area contributed by atoms with Gasteiger partial charge in [0, 0.05) is 6.07 Å². The summed E-state index contributed by atoms with van der Waals surface area (Å²) in [6, 6.07) is 9.45. The lowest BCUT2D eigenvalue weighted by Crippen LogP contribution is -2.21. The molecule has 0 atom stereocenters. The number of aryl methyl sites for hydroxylation is 1. The standard InChI is InChI=1S/C16H13FN2O5/c1-10-6-7-13(12(17)8-10)18-15(20)9-24-16(21)11-4-2-3-5-14(11)19(22)23/h2-8H,9H2,1H3,(H,18,20). The first-order chi connectivity index (χ1) is 11.4. The minimum absolute atomic E-state index is 0.0488. The van der Waals surface area contributed by atoms with E-state index in [9.17, 15) is 24.1 Å². The van der Waals surface area contributed by atoms with E-state index in [1.807, 2.05) is 0 Å². The van der Waals surface area contributed by atoms with Crippen molar-refractivity contribution in [1.82, 2.24) is 0 Å². The third kappa shape index (κ3) is 4.13. The first-order valence-electron chi connectivity index (χ1n) is 6.85. The molecule has 0 bridgehead atoms. The number of carbonyl (C=O) groups excluding carboxylic acids is 2. The zero-order valence-corrected chi connectivity index (χ0v) is 12.6. The Bertz CT molecular complexity index is 807. The molecule has 2 aromatic carbocycles. The quantitative estimate of drug-likeness (QED) is 0.516. The van der Waals surface area contributed by atoms with Crippen LogP contribution in [0.2, 0.25) is 0 Å². The Morgan fingerprint density at radius 3 is 2.62 bits per heavy atom. The molecule has 24 heavy (non-hydrogen) atoms. The Kier molecular flexibility index (Phi) is 5.20. The van der Waals surface area contributed by atoms with Gasteiger partial charge in [0.25, 0.3) is 11.6 Å². The fourth-order valence-corrected chi connectivity index (χ4v) is 1.92. The topological polar surface area (TPSA) is 98.5 Å². The molecule has 1 amide bonds. The maximum Gasteiger partial charge on any atom is 0.345 e. The monoisotopic (exact) mass is 332 g/mol. The van der Waals surface area contributed by atoms with Crippen molar-refractivity contribution in [2.45, 2.75) is 6.92 Å². The van der Waals surface area contributed by atoms with Gasteiger partial charge in [0.1, 0.15) is 11.4 Å². The molecular weight excluding hydrogens is 319 g/mol. The van der Waals surface area contributed by atoms with Crippen molar-refractivity contribution in [3.8, 4) is 0 Å². The van der Waals surface area contributed by atoms with Crippen LogP contribution in [0.5, 0.6) is 0 Å². The molecule has 0 aliphatic rings. The summed E-state index contributed by atoms with van der Waals surface area (Å²) in [5.74, 6) is -2.39. The summed E-state index contributed by atoms with van der Waals surface area (Å²) < 4.78 is 18.4. The Morgan fingerprint density at radius 1 is 1.25 bits per heavy atom. The number of halogens is 1. The minimum atomic E-state index is -1.01. The predicted molar refractivity (Wildman–Crippen MR) is 83.1 cm³/mol. The van der Waals surface area contributed by atoms with Crippen LogP contribution in [0.3, 0.4) is 0 Å². The smallest absolute Gasteiger partial charge is 0.345 e. The third-order valence-electron chi connectivity index (χ3n) is 3.05. The van der Waals surface area contributed by atoms with Crippen LogP contribution in [0.1, 0.15) is 15.9 Å². The molecule has 8 heteroatoms. The van der Waals surface area contributed by atoms with E-state index in [0.717, 1.165) is 6.07 Å². The molecule has 0 saturated carbocycles. The fraction of sp³-hybridized carbons (Fsp3) is 0.125. The van der Waals surface area contributed by atoms with Crippen molar-refractivity contribution in [2.24, 2.45) is 0 Å². The van der Waals surface area contributed by atoms with Gasteiger partial charge in [-0.05, 0) is 30.7 Å². The summed E-state index contributed by atoms with van der Waals surface area (Å²) in [5, 5.41) is 13.1. The number of nitro groups is 1. The molecule has 0 unspecified atom stereocenters. The highest BCUT2D eigenvalue weighted by Gasteiger charge is 2.21. The van der Waals surface area contributed by atoms with Gasteiger partial charge in [0.15, 0.2) is 6.61 Å². The normalized spacial score (nSPS) is 10.1. The van der Waals surface area contributed by atoms with Crippen molar-refractivity contribution >= 4 is 23.3 Å². The minimum Gasteiger partial charge on any atom is -0.452 e. The lowest BCUT2D eigenvalue weighted by atomic mass is 10.2. The number of nitrogens with one attached hydrogen (secondary N) is 1. The zero-order valence-electron chi connectivity index (χ0n) is 12.6. The molecule has 7 nitrogen and oxygen atoms in total. The van der Waals surface area contributed by atoms with Crippen molar-refractivity contribution in [1.29, 1.82) is 0 Å². The third-order valence-corrected chi connectivity index (χ3v) is 3.05. The maximum absolute atomic E-state index is 13.6. The van der Waals surface area contributed by atoms with Gasteiger partial charge in [-0.3, -0.25) is 14.9 Å². The number of esters is 1. The van der Waals surface area contributed by atoms with Gasteiger partial charge in [0.05, 0.1) is 10.6 Å². The van der Waals surface area contributed by atoms with E-state index in [1.54, 1.807) is 13.0 Å². The van der Waals surface area contributed by atoms with E-state index < -0.39 is 34.9 Å². The van der Waals surface area contributed by atoms with Crippen LogP contribution in [-0.2, 0) is 9.53 Å². The van der Waals surface area contributed by atoms with Crippen LogP contribution in [0, 0.1) is 22.9 Å². The van der Waals surface area contributed by atoms with Gasteiger partial charge in [-0.25, -0.2) is 9.18 Å². The summed E-state index contributed by atoms with van der Waals surface area (Å²) in [5.41, 5.74) is -0.0510. The van der Waals surface area contributed by atoms with Crippen LogP contribution in [-0.4, -0.2) is 23.4 Å². The Hall–Kier alpha value is -3.29. The fourth-order valence-electron chi connectivity index (χ4n) is 1.92. The molecule has 0 fully saturated rings. The largest absolute Gasteiger partial charge is 0.452 e. The molecule has 0 saturated heterocycles. The van der Waals surface area contributed by atoms with Crippen LogP contribution >= 0.6 is 0 Å². The lowest BCUT2D eigenvalue weighted by Gasteiger charge is -2.08. The number of anilines is 1. The van der Waals surface area contributed by atoms with E-state index in [-0.39, 0.29) is 11.3 Å². The van der Waals surface area contributed by atoms with E-state index in [1.165, 1.54) is 30.3 Å². The Labute approximate surface area is 136 Å². The van der Waals surface area contributed by atoms with Crippen LogP contribution in [0.25, 0.3) is 0 Å². The van der Waals surface area contributed by atoms with Gasteiger partial charge >= 0.3 is 5.97 Å². The first-order valence-corrected chi connectivity index (χ1v) is 6.85. The summed E-state index contributed by atoms with van der Waals surface area (Å²) in [4.78, 5) is 33.7. The highest BCUT2D eigenvalue weighted by molar-refractivity contribution is 5.97. The molecule has 0 aliphatic carbocycles. The van der Waals surface area contributed by atoms with E-state index in [4.69, 9.17) is 4.74 Å². The van der Waals surface area contributed by atoms with Crippen molar-refractivity contribution in [3.63, 3.8) is 0 Å². The summed E-state index contributed by atoms with van der Waals surface area (Å²) in [7, 11) is 0. The van der Waals surface area contributed by atoms with Gasteiger partial charge in [-0.1, -0.05) is 18.2 Å². The number of ether oxygens (including phenoxy) is 1. The average molecular weight is 332 g/mol. The molecule has 124 valence electrons. The summed E-state index contributed by atoms with van der Waals surface area (Å²) >= 11 is 0. The number of hydrogen-bond donors (Lipinski definition) is 1. The number of para-hydroxylation sites is 1. The molecule has 0 aromatic heterocycles. The second-order valence-corrected chi connectivity index (χ2v) is 4.88. The van der Waals surface area contributed by atoms with Gasteiger partial charge in [-0.15, -0.1) is 0 Å². The summed E-state index contributed by atoms with van der Waals surface area (Å²) in [6.45, 7) is 1.00. The number of nitrogens with zero attached hydrogens (tertiary/aromatic N) is 1. The molecule has 0 heterocycles. The number of benzene rings is 2. The molecule has 0 radical (unpaired) electrons. The number of carbonyl (C=O) groups is 2. The maximum atomic E-state index is 13.6. The predicted octanol–water partition coefficient (Wildman–Crippen LogP) is 2.84. The SMILES string of the molecule is Cc1ccc(NC(=O)COC(=O)c2ccccc2[N+](=O)[O-])c(F)c1. The van der Waals surface area contributed by atoms with Crippen LogP contribution in [0.15, 0.2) is 42.5 Å². The van der Waals surface area contributed by atoms with Crippen LogP contribution in [0.4, 0.5) is 15.8 Å². The number of amides is 1. The van der Waals surface area contributed by atoms with Gasteiger partial charge in [0.2, 0.25) is 0 Å². The first kappa shape index (κ1) is 17.1. The van der Waals surface area contributed by atoms with E-state index in [0.29, 0.717) is 5.56 Å². The second-order valence-electron chi connectivity index (χ2n) is 4.88. The highest BCUT2D eigenvalue weighted by Crippen LogP contribution is 2.19. The molecule has 2 rings (SSSR count). The van der Waals surface area contributed by atoms with Gasteiger partial charge < -0.3 is 10.1 Å². The number of rotatable bonds is 5. The molecule has 0 aliphatic heterocycles. The van der Waals surface area contributed by atoms with E-state index in [2.05, 4.69) is 5.32 Å². The number of nitro benzene ring substituents is 1. The van der Waals surface area contributed by atoms with E-state index >= 15 is 0 Å².